The Labute approximate surface area is 167 Å². The van der Waals surface area contributed by atoms with Gasteiger partial charge in [-0.2, -0.15) is 0 Å². The first-order valence-corrected chi connectivity index (χ1v) is 10.4. The Hall–Kier alpha value is -2.38. The highest BCUT2D eigenvalue weighted by Crippen LogP contribution is 2.44. The third-order valence-electron chi connectivity index (χ3n) is 5.47. The molecule has 28 heavy (non-hydrogen) atoms. The normalized spacial score (nSPS) is 17.9. The molecular weight excluding hydrogens is 378 g/mol. The van der Waals surface area contributed by atoms with Crippen molar-refractivity contribution in [3.8, 4) is 5.75 Å². The van der Waals surface area contributed by atoms with Crippen molar-refractivity contribution >= 4 is 23.2 Å². The fraction of sp³-hybridized carbons (Fsp3) is 0.429. The van der Waals surface area contributed by atoms with Crippen molar-refractivity contribution in [2.75, 3.05) is 26.3 Å². The van der Waals surface area contributed by atoms with Crippen LogP contribution < -0.4 is 4.74 Å². The molecule has 1 N–H and O–H groups in total. The van der Waals surface area contributed by atoms with Crippen LogP contribution in [0.15, 0.2) is 36.4 Å². The van der Waals surface area contributed by atoms with E-state index in [0.717, 1.165) is 22.6 Å². The van der Waals surface area contributed by atoms with Crippen LogP contribution in [0.1, 0.15) is 39.4 Å². The first-order valence-electron chi connectivity index (χ1n) is 9.53. The number of carboxylic acid groups (broad SMARTS) is 1. The molecule has 1 amide bonds. The minimum atomic E-state index is -0.888. The number of para-hydroxylation sites is 1. The summed E-state index contributed by atoms with van der Waals surface area (Å²) in [5.74, 6) is -0.0401. The molecule has 1 fully saturated rings. The molecule has 6 nitrogen and oxygen atoms in total. The van der Waals surface area contributed by atoms with Gasteiger partial charge in [-0.3, -0.25) is 4.79 Å². The highest BCUT2D eigenvalue weighted by atomic mass is 32.1. The molecule has 0 unspecified atom stereocenters. The van der Waals surface area contributed by atoms with Crippen molar-refractivity contribution in [3.63, 3.8) is 0 Å². The van der Waals surface area contributed by atoms with Gasteiger partial charge in [0.15, 0.2) is 0 Å². The SMILES string of the molecule is O=C(O)c1cc2c(s1)CCOC21CCN(C(=O)CCOc2ccccc2)CC1. The lowest BCUT2D eigenvalue weighted by atomic mass is 9.82. The van der Waals surface area contributed by atoms with Gasteiger partial charge in [-0.25, -0.2) is 4.79 Å². The zero-order chi connectivity index (χ0) is 19.6. The van der Waals surface area contributed by atoms with E-state index in [9.17, 15) is 14.7 Å². The van der Waals surface area contributed by atoms with E-state index in [1.54, 1.807) is 6.07 Å². The summed E-state index contributed by atoms with van der Waals surface area (Å²) in [5, 5.41) is 9.31. The van der Waals surface area contributed by atoms with E-state index < -0.39 is 11.6 Å². The molecule has 0 saturated carbocycles. The number of piperidine rings is 1. The fourth-order valence-corrected chi connectivity index (χ4v) is 5.05. The number of hydrogen-bond acceptors (Lipinski definition) is 5. The maximum Gasteiger partial charge on any atom is 0.345 e. The van der Waals surface area contributed by atoms with Gasteiger partial charge in [0.1, 0.15) is 10.6 Å². The summed E-state index contributed by atoms with van der Waals surface area (Å²) in [6.07, 6.45) is 2.49. The number of carbonyl (C=O) groups excluding carboxylic acids is 1. The van der Waals surface area contributed by atoms with E-state index in [1.807, 2.05) is 35.2 Å². The van der Waals surface area contributed by atoms with Gasteiger partial charge < -0.3 is 19.5 Å². The predicted molar refractivity (Wildman–Crippen MR) is 105 cm³/mol. The number of carboxylic acids is 1. The quantitative estimate of drug-likeness (QED) is 0.832. The van der Waals surface area contributed by atoms with Crippen LogP contribution in [-0.4, -0.2) is 48.2 Å². The highest BCUT2D eigenvalue weighted by molar-refractivity contribution is 7.14. The first kappa shape index (κ1) is 19.0. The van der Waals surface area contributed by atoms with Crippen molar-refractivity contribution in [2.45, 2.75) is 31.3 Å². The van der Waals surface area contributed by atoms with Gasteiger partial charge in [-0.1, -0.05) is 18.2 Å². The van der Waals surface area contributed by atoms with Gasteiger partial charge in [-0.05, 0) is 36.6 Å². The lowest BCUT2D eigenvalue weighted by Crippen LogP contribution is -2.48. The topological polar surface area (TPSA) is 76.1 Å². The number of amides is 1. The first-order chi connectivity index (χ1) is 13.6. The Morgan fingerprint density at radius 2 is 1.96 bits per heavy atom. The van der Waals surface area contributed by atoms with Crippen LogP contribution in [0.5, 0.6) is 5.75 Å². The van der Waals surface area contributed by atoms with Crippen molar-refractivity contribution in [1.82, 2.24) is 4.90 Å². The summed E-state index contributed by atoms with van der Waals surface area (Å²) >= 11 is 1.35. The van der Waals surface area contributed by atoms with Gasteiger partial charge in [0, 0.05) is 24.4 Å². The minimum Gasteiger partial charge on any atom is -0.493 e. The predicted octanol–water partition coefficient (Wildman–Crippen LogP) is 3.31. The Morgan fingerprint density at radius 3 is 2.68 bits per heavy atom. The molecule has 0 atom stereocenters. The van der Waals surface area contributed by atoms with Crippen LogP contribution in [0.2, 0.25) is 0 Å². The molecule has 1 saturated heterocycles. The van der Waals surface area contributed by atoms with Crippen molar-refractivity contribution < 1.29 is 24.2 Å². The Bertz CT molecular complexity index is 855. The molecular formula is C21H23NO5S. The molecule has 1 aromatic heterocycles. The second-order valence-corrected chi connectivity index (χ2v) is 8.27. The Morgan fingerprint density at radius 1 is 1.21 bits per heavy atom. The second kappa shape index (κ2) is 7.93. The largest absolute Gasteiger partial charge is 0.493 e. The summed E-state index contributed by atoms with van der Waals surface area (Å²) in [4.78, 5) is 27.2. The van der Waals surface area contributed by atoms with E-state index in [-0.39, 0.29) is 5.91 Å². The van der Waals surface area contributed by atoms with Crippen molar-refractivity contribution in [1.29, 1.82) is 0 Å². The Kier molecular flexibility index (Phi) is 5.37. The summed E-state index contributed by atoms with van der Waals surface area (Å²) in [6, 6.07) is 11.2. The van der Waals surface area contributed by atoms with Gasteiger partial charge in [0.2, 0.25) is 5.91 Å². The standard InChI is InChI=1S/C21H23NO5S/c23-19(7-12-26-15-4-2-1-3-5-15)22-10-8-21(9-11-22)16-14-18(20(24)25)28-17(16)6-13-27-21/h1-5,14H,6-13H2,(H,24,25). The molecule has 1 spiro atoms. The highest BCUT2D eigenvalue weighted by Gasteiger charge is 2.43. The van der Waals surface area contributed by atoms with Crippen molar-refractivity contribution in [2.24, 2.45) is 0 Å². The molecule has 1 aromatic carbocycles. The lowest BCUT2D eigenvalue weighted by Gasteiger charge is -2.44. The number of carbonyl (C=O) groups is 2. The number of benzene rings is 1. The van der Waals surface area contributed by atoms with Gasteiger partial charge >= 0.3 is 5.97 Å². The molecule has 0 radical (unpaired) electrons. The summed E-state index contributed by atoms with van der Waals surface area (Å²) < 4.78 is 11.8. The average Bonchev–Trinajstić information content (AvgIpc) is 3.16. The molecule has 148 valence electrons. The van der Waals surface area contributed by atoms with E-state index in [4.69, 9.17) is 9.47 Å². The van der Waals surface area contributed by atoms with Crippen LogP contribution in [0, 0.1) is 0 Å². The van der Waals surface area contributed by atoms with Gasteiger partial charge in [0.05, 0.1) is 25.2 Å². The van der Waals surface area contributed by atoms with Gasteiger partial charge in [0.25, 0.3) is 0 Å². The molecule has 0 bridgehead atoms. The summed E-state index contributed by atoms with van der Waals surface area (Å²) in [5.41, 5.74) is 0.565. The molecule has 2 aliphatic heterocycles. The number of ether oxygens (including phenoxy) is 2. The number of aromatic carboxylic acids is 1. The van der Waals surface area contributed by atoms with Crippen molar-refractivity contribution in [3.05, 3.63) is 51.7 Å². The van der Waals surface area contributed by atoms with Gasteiger partial charge in [-0.15, -0.1) is 11.3 Å². The third kappa shape index (κ3) is 3.77. The maximum absolute atomic E-state index is 12.5. The minimum absolute atomic E-state index is 0.0818. The van der Waals surface area contributed by atoms with E-state index in [2.05, 4.69) is 0 Å². The molecule has 0 aliphatic carbocycles. The summed E-state index contributed by atoms with van der Waals surface area (Å²) in [7, 11) is 0. The zero-order valence-corrected chi connectivity index (χ0v) is 16.4. The number of rotatable bonds is 5. The molecule has 3 heterocycles. The second-order valence-electron chi connectivity index (χ2n) is 7.14. The molecule has 2 aliphatic rings. The van der Waals surface area contributed by atoms with E-state index >= 15 is 0 Å². The molecule has 4 rings (SSSR count). The van der Waals surface area contributed by atoms with Crippen LogP contribution in [0.4, 0.5) is 0 Å². The number of thiophene rings is 1. The van der Waals surface area contributed by atoms with Crippen LogP contribution in [0.3, 0.4) is 0 Å². The van der Waals surface area contributed by atoms with E-state index in [0.29, 0.717) is 50.4 Å². The zero-order valence-electron chi connectivity index (χ0n) is 15.6. The molecule has 2 aromatic rings. The number of likely N-dealkylation sites (tertiary alicyclic amines) is 1. The monoisotopic (exact) mass is 401 g/mol. The third-order valence-corrected chi connectivity index (χ3v) is 6.65. The average molecular weight is 401 g/mol. The fourth-order valence-electron chi connectivity index (χ4n) is 3.98. The summed E-state index contributed by atoms with van der Waals surface area (Å²) in [6.45, 7) is 2.19. The number of hydrogen-bond donors (Lipinski definition) is 1. The number of nitrogens with zero attached hydrogens (tertiary/aromatic N) is 1. The van der Waals surface area contributed by atoms with Crippen LogP contribution >= 0.6 is 11.3 Å². The smallest absolute Gasteiger partial charge is 0.345 e. The maximum atomic E-state index is 12.5. The number of fused-ring (bicyclic) bond motifs is 2. The van der Waals surface area contributed by atoms with Crippen LogP contribution in [0.25, 0.3) is 0 Å². The lowest BCUT2D eigenvalue weighted by molar-refractivity contribution is -0.141. The van der Waals surface area contributed by atoms with E-state index in [1.165, 1.54) is 11.3 Å². The molecule has 7 heteroatoms. The van der Waals surface area contributed by atoms with Crippen LogP contribution in [-0.2, 0) is 21.6 Å². The Balaban J connectivity index is 1.34.